The number of rotatable bonds is 5. The van der Waals surface area contributed by atoms with E-state index in [0.717, 1.165) is 19.4 Å². The molecule has 0 saturated heterocycles. The Morgan fingerprint density at radius 2 is 2.11 bits per heavy atom. The van der Waals surface area contributed by atoms with Gasteiger partial charge in [-0.15, -0.1) is 6.58 Å². The summed E-state index contributed by atoms with van der Waals surface area (Å²) in [7, 11) is 0. The summed E-state index contributed by atoms with van der Waals surface area (Å²) in [6.45, 7) is 5.12. The first-order chi connectivity index (χ1) is 4.35. The summed E-state index contributed by atoms with van der Waals surface area (Å²) < 4.78 is 0. The summed E-state index contributed by atoms with van der Waals surface area (Å²) in [6.07, 6.45) is 4.03. The molecular formula is C7H16N2. The van der Waals surface area contributed by atoms with E-state index in [-0.39, 0.29) is 0 Å². The highest BCUT2D eigenvalue weighted by Gasteiger charge is 1.97. The van der Waals surface area contributed by atoms with Gasteiger partial charge in [-0.3, -0.25) is 0 Å². The summed E-state index contributed by atoms with van der Waals surface area (Å²) in [6, 6.07) is 0. The predicted octanol–water partition coefficient (Wildman–Crippen LogP) is 0.486. The summed E-state index contributed by atoms with van der Waals surface area (Å²) in [5.74, 6) is 0.466. The van der Waals surface area contributed by atoms with Gasteiger partial charge in [0.25, 0.3) is 0 Å². The Balaban J connectivity index is 3.20. The molecule has 0 saturated carbocycles. The maximum absolute atomic E-state index is 5.41. The lowest BCUT2D eigenvalue weighted by Crippen LogP contribution is -2.13. The highest BCUT2D eigenvalue weighted by atomic mass is 14.5. The van der Waals surface area contributed by atoms with Crippen LogP contribution in [0.25, 0.3) is 0 Å². The van der Waals surface area contributed by atoms with Gasteiger partial charge < -0.3 is 11.5 Å². The van der Waals surface area contributed by atoms with Crippen LogP contribution < -0.4 is 11.5 Å². The quantitative estimate of drug-likeness (QED) is 0.529. The van der Waals surface area contributed by atoms with Crippen molar-refractivity contribution >= 4 is 0 Å². The Morgan fingerprint density at radius 3 is 2.44 bits per heavy atom. The second-order valence-electron chi connectivity index (χ2n) is 2.16. The molecule has 0 aromatic rings. The second kappa shape index (κ2) is 5.79. The number of hydrogen-bond donors (Lipinski definition) is 2. The standard InChI is InChI=1S/C7H16N2/c1-2-7(6-9)4-3-5-8/h2,7H,1,3-6,8-9H2. The van der Waals surface area contributed by atoms with Crippen LogP contribution in [-0.4, -0.2) is 13.1 Å². The van der Waals surface area contributed by atoms with Crippen molar-refractivity contribution < 1.29 is 0 Å². The third-order valence-corrected chi connectivity index (χ3v) is 1.42. The fourth-order valence-corrected chi connectivity index (χ4v) is 0.712. The highest BCUT2D eigenvalue weighted by molar-refractivity contribution is 4.79. The molecule has 54 valence electrons. The van der Waals surface area contributed by atoms with Crippen molar-refractivity contribution in [3.63, 3.8) is 0 Å². The Hall–Kier alpha value is -0.340. The maximum Gasteiger partial charge on any atom is -0.00143 e. The summed E-state index contributed by atoms with van der Waals surface area (Å²) >= 11 is 0. The Kier molecular flexibility index (Phi) is 5.57. The lowest BCUT2D eigenvalue weighted by atomic mass is 10.0. The molecule has 0 aliphatic carbocycles. The van der Waals surface area contributed by atoms with Crippen LogP contribution in [0.15, 0.2) is 12.7 Å². The average molecular weight is 128 g/mol. The first-order valence-electron chi connectivity index (χ1n) is 3.37. The van der Waals surface area contributed by atoms with Crippen LogP contribution in [-0.2, 0) is 0 Å². The monoisotopic (exact) mass is 128 g/mol. The van der Waals surface area contributed by atoms with Crippen LogP contribution >= 0.6 is 0 Å². The first kappa shape index (κ1) is 8.66. The van der Waals surface area contributed by atoms with E-state index in [1.165, 1.54) is 0 Å². The Labute approximate surface area is 56.9 Å². The molecule has 0 amide bonds. The van der Waals surface area contributed by atoms with Gasteiger partial charge in [-0.05, 0) is 31.8 Å². The van der Waals surface area contributed by atoms with Crippen molar-refractivity contribution in [3.8, 4) is 0 Å². The van der Waals surface area contributed by atoms with Gasteiger partial charge in [0.05, 0.1) is 0 Å². The van der Waals surface area contributed by atoms with Crippen LogP contribution in [0.5, 0.6) is 0 Å². The topological polar surface area (TPSA) is 52.0 Å². The molecule has 0 spiro atoms. The first-order valence-corrected chi connectivity index (χ1v) is 3.37. The fraction of sp³-hybridized carbons (Fsp3) is 0.714. The number of hydrogen-bond acceptors (Lipinski definition) is 2. The van der Waals surface area contributed by atoms with Crippen LogP contribution in [0.2, 0.25) is 0 Å². The molecule has 0 aliphatic rings. The molecule has 0 aromatic heterocycles. The van der Waals surface area contributed by atoms with E-state index >= 15 is 0 Å². The molecule has 0 bridgehead atoms. The lowest BCUT2D eigenvalue weighted by Gasteiger charge is -2.06. The van der Waals surface area contributed by atoms with Crippen molar-refractivity contribution in [2.45, 2.75) is 12.8 Å². The number of nitrogens with two attached hydrogens (primary N) is 2. The smallest absolute Gasteiger partial charge is 0.00143 e. The lowest BCUT2D eigenvalue weighted by molar-refractivity contribution is 0.577. The molecule has 0 radical (unpaired) electrons. The minimum Gasteiger partial charge on any atom is -0.330 e. The fourth-order valence-electron chi connectivity index (χ4n) is 0.712. The van der Waals surface area contributed by atoms with E-state index in [0.29, 0.717) is 12.5 Å². The third kappa shape index (κ3) is 4.18. The van der Waals surface area contributed by atoms with E-state index in [1.807, 2.05) is 6.08 Å². The minimum atomic E-state index is 0.466. The zero-order valence-corrected chi connectivity index (χ0v) is 5.84. The van der Waals surface area contributed by atoms with Gasteiger partial charge in [-0.25, -0.2) is 0 Å². The molecule has 4 N–H and O–H groups in total. The SMILES string of the molecule is C=CC(CN)CCCN. The van der Waals surface area contributed by atoms with Gasteiger partial charge in [0.1, 0.15) is 0 Å². The summed E-state index contributed by atoms with van der Waals surface area (Å²) in [5.41, 5.74) is 10.7. The van der Waals surface area contributed by atoms with Crippen LogP contribution in [0.3, 0.4) is 0 Å². The normalized spacial score (nSPS) is 13.1. The van der Waals surface area contributed by atoms with Crippen molar-refractivity contribution in [3.05, 3.63) is 12.7 Å². The van der Waals surface area contributed by atoms with Crippen molar-refractivity contribution in [2.75, 3.05) is 13.1 Å². The molecule has 0 aromatic carbocycles. The van der Waals surface area contributed by atoms with E-state index < -0.39 is 0 Å². The van der Waals surface area contributed by atoms with Crippen molar-refractivity contribution in [1.29, 1.82) is 0 Å². The molecule has 0 aliphatic heterocycles. The maximum atomic E-state index is 5.41. The molecule has 0 heterocycles. The Morgan fingerprint density at radius 1 is 1.44 bits per heavy atom. The largest absolute Gasteiger partial charge is 0.330 e. The molecule has 2 heteroatoms. The van der Waals surface area contributed by atoms with E-state index in [1.54, 1.807) is 0 Å². The minimum absolute atomic E-state index is 0.466. The van der Waals surface area contributed by atoms with Gasteiger partial charge in [0.2, 0.25) is 0 Å². The zero-order chi connectivity index (χ0) is 7.11. The van der Waals surface area contributed by atoms with Gasteiger partial charge >= 0.3 is 0 Å². The van der Waals surface area contributed by atoms with Crippen LogP contribution in [0.4, 0.5) is 0 Å². The predicted molar refractivity (Wildman–Crippen MR) is 41.0 cm³/mol. The molecule has 1 unspecified atom stereocenters. The third-order valence-electron chi connectivity index (χ3n) is 1.42. The molecule has 0 rings (SSSR count). The van der Waals surface area contributed by atoms with Crippen molar-refractivity contribution in [1.82, 2.24) is 0 Å². The molecule has 1 atom stereocenters. The van der Waals surface area contributed by atoms with Gasteiger partial charge in [0.15, 0.2) is 0 Å². The summed E-state index contributed by atoms with van der Waals surface area (Å²) in [5, 5.41) is 0. The highest BCUT2D eigenvalue weighted by Crippen LogP contribution is 2.03. The molecule has 9 heavy (non-hydrogen) atoms. The second-order valence-corrected chi connectivity index (χ2v) is 2.16. The molecular weight excluding hydrogens is 112 g/mol. The van der Waals surface area contributed by atoms with Gasteiger partial charge in [-0.2, -0.15) is 0 Å². The molecule has 2 nitrogen and oxygen atoms in total. The molecule has 0 fully saturated rings. The van der Waals surface area contributed by atoms with E-state index in [4.69, 9.17) is 11.5 Å². The van der Waals surface area contributed by atoms with E-state index in [2.05, 4.69) is 6.58 Å². The van der Waals surface area contributed by atoms with E-state index in [9.17, 15) is 0 Å². The van der Waals surface area contributed by atoms with Crippen molar-refractivity contribution in [2.24, 2.45) is 17.4 Å². The van der Waals surface area contributed by atoms with Gasteiger partial charge in [0, 0.05) is 0 Å². The van der Waals surface area contributed by atoms with Crippen LogP contribution in [0, 0.1) is 5.92 Å². The van der Waals surface area contributed by atoms with Crippen LogP contribution in [0.1, 0.15) is 12.8 Å². The zero-order valence-electron chi connectivity index (χ0n) is 5.84. The average Bonchev–Trinajstić information content (AvgIpc) is 1.91. The Bertz CT molecular complexity index is 71.3. The van der Waals surface area contributed by atoms with Gasteiger partial charge in [-0.1, -0.05) is 6.08 Å². The summed E-state index contributed by atoms with van der Waals surface area (Å²) in [4.78, 5) is 0.